The third-order valence-electron chi connectivity index (χ3n) is 3.88. The predicted octanol–water partition coefficient (Wildman–Crippen LogP) is 3.65. The highest BCUT2D eigenvalue weighted by Crippen LogP contribution is 2.39. The maximum absolute atomic E-state index is 13.7. The zero-order valence-corrected chi connectivity index (χ0v) is 10.9. The summed E-state index contributed by atoms with van der Waals surface area (Å²) < 4.78 is 28.9. The van der Waals surface area contributed by atoms with Crippen molar-refractivity contribution in [3.05, 3.63) is 23.8 Å². The average molecular weight is 265 g/mol. The van der Waals surface area contributed by atoms with Gasteiger partial charge in [-0.3, -0.25) is 0 Å². The van der Waals surface area contributed by atoms with Gasteiger partial charge in [0.1, 0.15) is 11.3 Å². The molecule has 2 aromatic rings. The molecule has 0 amide bonds. The van der Waals surface area contributed by atoms with Gasteiger partial charge in [-0.1, -0.05) is 19.8 Å². The van der Waals surface area contributed by atoms with E-state index in [1.54, 1.807) is 4.57 Å². The Bertz CT molecular complexity index is 617. The van der Waals surface area contributed by atoms with Gasteiger partial charge in [-0.15, -0.1) is 0 Å². The van der Waals surface area contributed by atoms with E-state index >= 15 is 0 Å². The van der Waals surface area contributed by atoms with Crippen molar-refractivity contribution in [3.8, 4) is 0 Å². The minimum Gasteiger partial charge on any atom is -0.369 e. The highest BCUT2D eigenvalue weighted by Gasteiger charge is 2.27. The molecule has 102 valence electrons. The van der Waals surface area contributed by atoms with Crippen LogP contribution in [0.25, 0.3) is 11.0 Å². The van der Waals surface area contributed by atoms with Crippen LogP contribution < -0.4 is 5.73 Å². The van der Waals surface area contributed by atoms with Gasteiger partial charge in [-0.25, -0.2) is 13.8 Å². The second-order valence-corrected chi connectivity index (χ2v) is 5.34. The van der Waals surface area contributed by atoms with Crippen molar-refractivity contribution in [1.29, 1.82) is 0 Å². The van der Waals surface area contributed by atoms with Crippen LogP contribution in [0.1, 0.15) is 38.6 Å². The van der Waals surface area contributed by atoms with E-state index in [9.17, 15) is 8.78 Å². The van der Waals surface area contributed by atoms with Gasteiger partial charge in [-0.2, -0.15) is 0 Å². The summed E-state index contributed by atoms with van der Waals surface area (Å²) >= 11 is 0. The normalized spacial score (nSPS) is 17.0. The molecule has 1 unspecified atom stereocenters. The zero-order valence-electron chi connectivity index (χ0n) is 10.9. The van der Waals surface area contributed by atoms with Crippen LogP contribution in [0.2, 0.25) is 0 Å². The highest BCUT2D eigenvalue weighted by molar-refractivity contribution is 5.79. The lowest BCUT2D eigenvalue weighted by Gasteiger charge is -2.18. The monoisotopic (exact) mass is 265 g/mol. The van der Waals surface area contributed by atoms with E-state index in [0.29, 0.717) is 5.52 Å². The van der Waals surface area contributed by atoms with Crippen LogP contribution in [0.4, 0.5) is 14.7 Å². The second-order valence-electron chi connectivity index (χ2n) is 5.34. The molecule has 5 heteroatoms. The summed E-state index contributed by atoms with van der Waals surface area (Å²) in [5.74, 6) is -0.249. The van der Waals surface area contributed by atoms with Crippen molar-refractivity contribution < 1.29 is 8.78 Å². The smallest absolute Gasteiger partial charge is 0.201 e. The molecule has 19 heavy (non-hydrogen) atoms. The lowest BCUT2D eigenvalue weighted by molar-refractivity contribution is 0.442. The van der Waals surface area contributed by atoms with Crippen LogP contribution in [0.15, 0.2) is 12.1 Å². The Morgan fingerprint density at radius 3 is 2.79 bits per heavy atom. The summed E-state index contributed by atoms with van der Waals surface area (Å²) in [7, 11) is 0. The number of benzene rings is 1. The van der Waals surface area contributed by atoms with Crippen molar-refractivity contribution in [2.75, 3.05) is 5.73 Å². The Hall–Kier alpha value is -1.65. The second kappa shape index (κ2) is 4.47. The van der Waals surface area contributed by atoms with Gasteiger partial charge in [0.05, 0.1) is 5.52 Å². The molecule has 1 saturated carbocycles. The third-order valence-corrected chi connectivity index (χ3v) is 3.88. The molecule has 0 saturated heterocycles. The molecular formula is C14H17F2N3. The first-order valence-electron chi connectivity index (χ1n) is 6.72. The van der Waals surface area contributed by atoms with Crippen LogP contribution in [0.5, 0.6) is 0 Å². The van der Waals surface area contributed by atoms with Crippen LogP contribution >= 0.6 is 0 Å². The molecule has 0 radical (unpaired) electrons. The first-order valence-corrected chi connectivity index (χ1v) is 6.72. The topological polar surface area (TPSA) is 43.8 Å². The Morgan fingerprint density at radius 1 is 1.42 bits per heavy atom. The molecular weight excluding hydrogens is 248 g/mol. The molecule has 1 heterocycles. The molecule has 1 aromatic heterocycles. The number of fused-ring (bicyclic) bond motifs is 1. The molecule has 1 aromatic carbocycles. The molecule has 1 fully saturated rings. The van der Waals surface area contributed by atoms with Crippen LogP contribution in [-0.4, -0.2) is 9.55 Å². The van der Waals surface area contributed by atoms with Crippen molar-refractivity contribution in [2.45, 2.75) is 38.6 Å². The van der Waals surface area contributed by atoms with E-state index in [0.717, 1.165) is 24.8 Å². The number of nitrogens with zero attached hydrogens (tertiary/aromatic N) is 2. The van der Waals surface area contributed by atoms with Crippen molar-refractivity contribution in [2.24, 2.45) is 5.92 Å². The number of hydrogen-bond donors (Lipinski definition) is 1. The lowest BCUT2D eigenvalue weighted by Crippen LogP contribution is -2.12. The Balaban J connectivity index is 2.12. The number of aromatic nitrogens is 2. The summed E-state index contributed by atoms with van der Waals surface area (Å²) in [4.78, 5) is 4.05. The van der Waals surface area contributed by atoms with Gasteiger partial charge in [0.15, 0.2) is 5.82 Å². The molecule has 0 aliphatic heterocycles. The van der Waals surface area contributed by atoms with E-state index < -0.39 is 11.6 Å². The maximum Gasteiger partial charge on any atom is 0.201 e. The molecule has 0 bridgehead atoms. The van der Waals surface area contributed by atoms with Crippen molar-refractivity contribution >= 4 is 17.0 Å². The largest absolute Gasteiger partial charge is 0.369 e. The van der Waals surface area contributed by atoms with E-state index in [1.807, 2.05) is 0 Å². The summed E-state index contributed by atoms with van der Waals surface area (Å²) in [5, 5.41) is 0. The highest BCUT2D eigenvalue weighted by atomic mass is 19.1. The molecule has 1 aliphatic rings. The first kappa shape index (κ1) is 12.4. The summed E-state index contributed by atoms with van der Waals surface area (Å²) in [6, 6.07) is 2.33. The van der Waals surface area contributed by atoms with E-state index in [4.69, 9.17) is 5.73 Å². The van der Waals surface area contributed by atoms with Crippen molar-refractivity contribution in [1.82, 2.24) is 9.55 Å². The summed E-state index contributed by atoms with van der Waals surface area (Å²) in [6.07, 6.45) is 4.37. The molecule has 3 nitrogen and oxygen atoms in total. The SMILES string of the molecule is CCC(CC1CC1)n1c(N)nc2c(F)cc(F)cc21. The molecule has 3 rings (SSSR count). The van der Waals surface area contributed by atoms with Gasteiger partial charge >= 0.3 is 0 Å². The Labute approximate surface area is 110 Å². The fourth-order valence-electron chi connectivity index (χ4n) is 2.72. The Morgan fingerprint density at radius 2 is 2.16 bits per heavy atom. The quantitative estimate of drug-likeness (QED) is 0.917. The molecule has 0 spiro atoms. The number of hydrogen-bond acceptors (Lipinski definition) is 2. The number of nitrogen functional groups attached to an aromatic ring is 1. The zero-order chi connectivity index (χ0) is 13.6. The number of rotatable bonds is 4. The number of nitrogens with two attached hydrogens (primary N) is 1. The number of halogens is 2. The van der Waals surface area contributed by atoms with Gasteiger partial charge in [-0.05, 0) is 18.8 Å². The van der Waals surface area contributed by atoms with Crippen LogP contribution in [-0.2, 0) is 0 Å². The standard InChI is InChI=1S/C14H17F2N3/c1-2-10(5-8-3-4-8)19-12-7-9(15)6-11(16)13(12)18-14(19)17/h6-8,10H,2-5H2,1H3,(H2,17,18). The van der Waals surface area contributed by atoms with E-state index in [1.165, 1.54) is 18.9 Å². The van der Waals surface area contributed by atoms with Gasteiger partial charge < -0.3 is 10.3 Å². The minimum absolute atomic E-state index is 0.160. The molecule has 2 N–H and O–H groups in total. The Kier molecular flexibility index (Phi) is 2.92. The van der Waals surface area contributed by atoms with E-state index in [2.05, 4.69) is 11.9 Å². The fraction of sp³-hybridized carbons (Fsp3) is 0.500. The lowest BCUT2D eigenvalue weighted by atomic mass is 10.1. The third kappa shape index (κ3) is 2.17. The van der Waals surface area contributed by atoms with Gasteiger partial charge in [0.2, 0.25) is 5.95 Å². The number of imidazole rings is 1. The first-order chi connectivity index (χ1) is 9.10. The van der Waals surface area contributed by atoms with E-state index in [-0.39, 0.29) is 17.5 Å². The molecule has 1 aliphatic carbocycles. The number of anilines is 1. The van der Waals surface area contributed by atoms with Gasteiger partial charge in [0.25, 0.3) is 0 Å². The predicted molar refractivity (Wildman–Crippen MR) is 70.7 cm³/mol. The van der Waals surface area contributed by atoms with Crippen molar-refractivity contribution in [3.63, 3.8) is 0 Å². The summed E-state index contributed by atoms with van der Waals surface area (Å²) in [5.41, 5.74) is 6.53. The maximum atomic E-state index is 13.7. The van der Waals surface area contributed by atoms with Gasteiger partial charge in [0, 0.05) is 18.2 Å². The fourth-order valence-corrected chi connectivity index (χ4v) is 2.72. The average Bonchev–Trinajstić information content (AvgIpc) is 3.10. The minimum atomic E-state index is -0.651. The molecule has 1 atom stereocenters. The van der Waals surface area contributed by atoms with Crippen LogP contribution in [0, 0.1) is 17.6 Å². The summed E-state index contributed by atoms with van der Waals surface area (Å²) in [6.45, 7) is 2.06. The van der Waals surface area contributed by atoms with Crippen LogP contribution in [0.3, 0.4) is 0 Å².